The van der Waals surface area contributed by atoms with Gasteiger partial charge in [-0.2, -0.15) is 0 Å². The summed E-state index contributed by atoms with van der Waals surface area (Å²) < 4.78 is 16.9. The lowest BCUT2D eigenvalue weighted by Crippen LogP contribution is -2.34. The number of benzene rings is 1. The van der Waals surface area contributed by atoms with Crippen LogP contribution in [-0.2, 0) is 9.53 Å². The molecule has 27 heavy (non-hydrogen) atoms. The predicted octanol–water partition coefficient (Wildman–Crippen LogP) is 3.69. The second kappa shape index (κ2) is 7.78. The molecule has 0 aliphatic carbocycles. The first-order valence-corrected chi connectivity index (χ1v) is 9.93. The Kier molecular flexibility index (Phi) is 5.22. The van der Waals surface area contributed by atoms with Gasteiger partial charge in [0.15, 0.2) is 18.1 Å². The Morgan fingerprint density at radius 2 is 2.00 bits per heavy atom. The number of nitrogens with zero attached hydrogens (tertiary/aromatic N) is 1. The number of halogens is 1. The van der Waals surface area contributed by atoms with Gasteiger partial charge in [-0.15, -0.1) is 11.3 Å². The summed E-state index contributed by atoms with van der Waals surface area (Å²) >= 11 is 6.96. The normalized spacial score (nSPS) is 18.4. The van der Waals surface area contributed by atoms with Crippen molar-refractivity contribution < 1.29 is 23.8 Å². The van der Waals surface area contributed by atoms with E-state index >= 15 is 0 Å². The molecule has 2 aromatic rings. The summed E-state index contributed by atoms with van der Waals surface area (Å²) in [7, 11) is 0. The van der Waals surface area contributed by atoms with E-state index < -0.39 is 5.97 Å². The van der Waals surface area contributed by atoms with Crippen molar-refractivity contribution in [2.75, 3.05) is 26.4 Å². The molecule has 0 bridgehead atoms. The summed E-state index contributed by atoms with van der Waals surface area (Å²) in [5, 5.41) is 0. The van der Waals surface area contributed by atoms with Crippen LogP contribution in [0.2, 0.25) is 4.34 Å². The van der Waals surface area contributed by atoms with Gasteiger partial charge in [-0.3, -0.25) is 4.79 Å². The fraction of sp³-hybridized carbons (Fsp3) is 0.368. The minimum Gasteiger partial charge on any atom is -0.486 e. The molecule has 0 radical (unpaired) electrons. The number of esters is 1. The highest BCUT2D eigenvalue weighted by molar-refractivity contribution is 7.17. The van der Waals surface area contributed by atoms with Crippen LogP contribution >= 0.6 is 22.9 Å². The second-order valence-electron chi connectivity index (χ2n) is 6.33. The van der Waals surface area contributed by atoms with Gasteiger partial charge in [0.1, 0.15) is 18.1 Å². The molecule has 2 aliphatic rings. The zero-order valence-electron chi connectivity index (χ0n) is 14.5. The van der Waals surface area contributed by atoms with Gasteiger partial charge in [0.2, 0.25) is 0 Å². The van der Waals surface area contributed by atoms with Crippen LogP contribution in [0.1, 0.15) is 34.1 Å². The van der Waals surface area contributed by atoms with Crippen LogP contribution in [0.3, 0.4) is 0 Å². The van der Waals surface area contributed by atoms with Crippen molar-refractivity contribution in [3.8, 4) is 11.5 Å². The number of carbonyl (C=O) groups excluding carboxylic acids is 2. The molecule has 0 spiro atoms. The summed E-state index contributed by atoms with van der Waals surface area (Å²) in [5.74, 6) is 0.696. The predicted molar refractivity (Wildman–Crippen MR) is 101 cm³/mol. The zero-order chi connectivity index (χ0) is 18.8. The van der Waals surface area contributed by atoms with Crippen molar-refractivity contribution >= 4 is 34.8 Å². The molecule has 0 saturated carbocycles. The molecule has 1 aromatic heterocycles. The fourth-order valence-corrected chi connectivity index (χ4v) is 4.32. The van der Waals surface area contributed by atoms with E-state index in [2.05, 4.69) is 0 Å². The summed E-state index contributed by atoms with van der Waals surface area (Å²) in [6.07, 6.45) is 1.76. The van der Waals surface area contributed by atoms with Crippen molar-refractivity contribution in [2.24, 2.45) is 0 Å². The van der Waals surface area contributed by atoms with Crippen molar-refractivity contribution in [1.82, 2.24) is 4.90 Å². The molecule has 3 heterocycles. The minimum absolute atomic E-state index is 0.0526. The minimum atomic E-state index is -0.532. The van der Waals surface area contributed by atoms with Crippen LogP contribution in [0.15, 0.2) is 30.3 Å². The van der Waals surface area contributed by atoms with Gasteiger partial charge < -0.3 is 19.1 Å². The van der Waals surface area contributed by atoms with Crippen LogP contribution in [-0.4, -0.2) is 43.1 Å². The first-order chi connectivity index (χ1) is 13.1. The molecular weight excluding hydrogens is 390 g/mol. The van der Waals surface area contributed by atoms with E-state index in [0.717, 1.165) is 35.5 Å². The van der Waals surface area contributed by atoms with E-state index in [4.69, 9.17) is 25.8 Å². The quantitative estimate of drug-likeness (QED) is 0.723. The maximum absolute atomic E-state index is 12.6. The zero-order valence-corrected chi connectivity index (χ0v) is 16.1. The number of fused-ring (bicyclic) bond motifs is 1. The van der Waals surface area contributed by atoms with Crippen molar-refractivity contribution in [1.29, 1.82) is 0 Å². The molecule has 0 N–H and O–H groups in total. The lowest BCUT2D eigenvalue weighted by atomic mass is 10.0. The first-order valence-electron chi connectivity index (χ1n) is 8.73. The van der Waals surface area contributed by atoms with Crippen LogP contribution in [0, 0.1) is 0 Å². The topological polar surface area (TPSA) is 65.1 Å². The van der Waals surface area contributed by atoms with Gasteiger partial charge in [0.05, 0.1) is 10.4 Å². The SMILES string of the molecule is O=C(OCC(=O)N1CCCC1c1ccc2c(c1)OCCO2)c1ccc(Cl)s1. The molecule has 8 heteroatoms. The molecule has 1 aromatic carbocycles. The van der Waals surface area contributed by atoms with E-state index in [0.29, 0.717) is 34.7 Å². The molecule has 1 saturated heterocycles. The number of likely N-dealkylation sites (tertiary alicyclic amines) is 1. The second-order valence-corrected chi connectivity index (χ2v) is 8.04. The van der Waals surface area contributed by atoms with E-state index in [9.17, 15) is 9.59 Å². The van der Waals surface area contributed by atoms with Gasteiger partial charge in [0, 0.05) is 6.54 Å². The highest BCUT2D eigenvalue weighted by Crippen LogP contribution is 2.38. The summed E-state index contributed by atoms with van der Waals surface area (Å²) in [6, 6.07) is 8.94. The molecule has 2 aliphatic heterocycles. The Labute approximate surface area is 165 Å². The third-order valence-electron chi connectivity index (χ3n) is 4.63. The standard InChI is InChI=1S/C19H18ClNO5S/c20-17-6-5-16(27-17)19(23)26-11-18(22)21-7-1-2-13(21)12-3-4-14-15(10-12)25-9-8-24-14/h3-6,10,13H,1-2,7-9,11H2. The van der Waals surface area contributed by atoms with E-state index in [1.807, 2.05) is 18.2 Å². The number of hydrogen-bond donors (Lipinski definition) is 0. The Morgan fingerprint density at radius 1 is 1.19 bits per heavy atom. The Morgan fingerprint density at radius 3 is 2.78 bits per heavy atom. The number of thiophene rings is 1. The third-order valence-corrected chi connectivity index (χ3v) is 5.84. The van der Waals surface area contributed by atoms with E-state index in [1.165, 1.54) is 0 Å². The smallest absolute Gasteiger partial charge is 0.348 e. The van der Waals surface area contributed by atoms with Crippen molar-refractivity contribution in [3.05, 3.63) is 45.1 Å². The van der Waals surface area contributed by atoms with Gasteiger partial charge in [-0.25, -0.2) is 4.79 Å². The average molecular weight is 408 g/mol. The van der Waals surface area contributed by atoms with E-state index in [1.54, 1.807) is 17.0 Å². The summed E-state index contributed by atoms with van der Waals surface area (Å²) in [4.78, 5) is 26.8. The molecule has 4 rings (SSSR count). The molecular formula is C19H18ClNO5S. The fourth-order valence-electron chi connectivity index (χ4n) is 3.38. The largest absolute Gasteiger partial charge is 0.486 e. The maximum Gasteiger partial charge on any atom is 0.348 e. The number of amides is 1. The van der Waals surface area contributed by atoms with Gasteiger partial charge in [-0.05, 0) is 42.7 Å². The lowest BCUT2D eigenvalue weighted by Gasteiger charge is -2.26. The first kappa shape index (κ1) is 18.1. The number of carbonyl (C=O) groups is 2. The lowest BCUT2D eigenvalue weighted by molar-refractivity contribution is -0.135. The van der Waals surface area contributed by atoms with Crippen LogP contribution in [0.4, 0.5) is 0 Å². The highest BCUT2D eigenvalue weighted by atomic mass is 35.5. The van der Waals surface area contributed by atoms with Crippen LogP contribution in [0.5, 0.6) is 11.5 Å². The summed E-state index contributed by atoms with van der Waals surface area (Å²) in [6.45, 7) is 1.42. The molecule has 1 fully saturated rings. The number of hydrogen-bond acceptors (Lipinski definition) is 6. The third kappa shape index (κ3) is 3.89. The number of rotatable bonds is 4. The Hall–Kier alpha value is -2.25. The Bertz CT molecular complexity index is 868. The van der Waals surface area contributed by atoms with E-state index in [-0.39, 0.29) is 18.6 Å². The molecule has 1 unspecified atom stereocenters. The maximum atomic E-state index is 12.6. The van der Waals surface area contributed by atoms with Crippen LogP contribution in [0.25, 0.3) is 0 Å². The monoisotopic (exact) mass is 407 g/mol. The van der Waals surface area contributed by atoms with Crippen LogP contribution < -0.4 is 9.47 Å². The Balaban J connectivity index is 1.41. The van der Waals surface area contributed by atoms with Crippen molar-refractivity contribution in [3.63, 3.8) is 0 Å². The average Bonchev–Trinajstić information content (AvgIpc) is 3.34. The summed E-state index contributed by atoms with van der Waals surface area (Å²) in [5.41, 5.74) is 1.00. The number of ether oxygens (including phenoxy) is 3. The molecule has 142 valence electrons. The molecule has 1 amide bonds. The van der Waals surface area contributed by atoms with Crippen molar-refractivity contribution in [2.45, 2.75) is 18.9 Å². The highest BCUT2D eigenvalue weighted by Gasteiger charge is 2.31. The van der Waals surface area contributed by atoms with Gasteiger partial charge in [-0.1, -0.05) is 17.7 Å². The van der Waals surface area contributed by atoms with Gasteiger partial charge in [0.25, 0.3) is 5.91 Å². The van der Waals surface area contributed by atoms with Gasteiger partial charge >= 0.3 is 5.97 Å². The molecule has 1 atom stereocenters. The molecule has 6 nitrogen and oxygen atoms in total.